The molecule has 2 N–H and O–H groups in total. The number of nitrogens with zero attached hydrogens (tertiary/aromatic N) is 3. The lowest BCUT2D eigenvalue weighted by Gasteiger charge is -2.23. The Morgan fingerprint density at radius 2 is 2.21 bits per heavy atom. The van der Waals surface area contributed by atoms with Gasteiger partial charge in [0.25, 0.3) is 0 Å². The first-order valence-electron chi connectivity index (χ1n) is 4.85. The molecule has 0 saturated heterocycles. The van der Waals surface area contributed by atoms with E-state index in [0.717, 1.165) is 18.7 Å². The smallest absolute Gasteiger partial charge is 0.170 e. The maximum atomic E-state index is 13.7. The van der Waals surface area contributed by atoms with Gasteiger partial charge in [0.05, 0.1) is 0 Å². The zero-order valence-electron chi connectivity index (χ0n) is 8.50. The highest BCUT2D eigenvalue weighted by molar-refractivity contribution is 5.06. The average molecular weight is 198 g/mol. The molecule has 0 bridgehead atoms. The summed E-state index contributed by atoms with van der Waals surface area (Å²) in [5, 5.41) is 7.86. The lowest BCUT2D eigenvalue weighted by molar-refractivity contribution is 0.195. The number of alkyl halides is 1. The summed E-state index contributed by atoms with van der Waals surface area (Å²) in [6, 6.07) is 0.0969. The van der Waals surface area contributed by atoms with Crippen LogP contribution in [0.1, 0.15) is 31.9 Å². The van der Waals surface area contributed by atoms with Crippen LogP contribution in [0.2, 0.25) is 0 Å². The molecule has 1 aliphatic rings. The van der Waals surface area contributed by atoms with Crippen molar-refractivity contribution in [2.45, 2.75) is 44.9 Å². The van der Waals surface area contributed by atoms with E-state index in [-0.39, 0.29) is 6.04 Å². The third-order valence-corrected chi connectivity index (χ3v) is 2.51. The minimum Gasteiger partial charge on any atom is -0.326 e. The van der Waals surface area contributed by atoms with Crippen LogP contribution < -0.4 is 5.73 Å². The number of fused-ring (bicyclic) bond motifs is 1. The maximum Gasteiger partial charge on any atom is 0.170 e. The van der Waals surface area contributed by atoms with Crippen LogP contribution in [0.4, 0.5) is 4.39 Å². The third-order valence-electron chi connectivity index (χ3n) is 2.51. The molecule has 2 heterocycles. The number of hydrogen-bond acceptors (Lipinski definition) is 3. The zero-order chi connectivity index (χ0) is 10.3. The van der Waals surface area contributed by atoms with Gasteiger partial charge in [0.15, 0.2) is 11.5 Å². The molecule has 4 nitrogen and oxygen atoms in total. The number of rotatable bonds is 1. The number of halogens is 1. The second kappa shape index (κ2) is 3.02. The van der Waals surface area contributed by atoms with E-state index in [9.17, 15) is 4.39 Å². The maximum absolute atomic E-state index is 13.7. The van der Waals surface area contributed by atoms with E-state index < -0.39 is 5.67 Å². The van der Waals surface area contributed by atoms with E-state index in [1.807, 2.05) is 4.57 Å². The van der Waals surface area contributed by atoms with E-state index in [1.165, 1.54) is 13.8 Å². The summed E-state index contributed by atoms with van der Waals surface area (Å²) in [5.74, 6) is 1.25. The number of nitrogens with two attached hydrogens (primary N) is 1. The molecule has 1 atom stereocenters. The van der Waals surface area contributed by atoms with Gasteiger partial charge in [-0.1, -0.05) is 0 Å². The van der Waals surface area contributed by atoms with Gasteiger partial charge >= 0.3 is 0 Å². The van der Waals surface area contributed by atoms with E-state index >= 15 is 0 Å². The van der Waals surface area contributed by atoms with Crippen LogP contribution in [0.15, 0.2) is 0 Å². The second-order valence-corrected chi connectivity index (χ2v) is 4.32. The number of aryl methyl sites for hydroxylation is 1. The largest absolute Gasteiger partial charge is 0.326 e. The van der Waals surface area contributed by atoms with Crippen molar-refractivity contribution >= 4 is 0 Å². The Balaban J connectivity index is 2.41. The summed E-state index contributed by atoms with van der Waals surface area (Å²) in [5.41, 5.74) is 4.38. The van der Waals surface area contributed by atoms with Crippen LogP contribution in [0.5, 0.6) is 0 Å². The molecule has 0 aromatic carbocycles. The highest BCUT2D eigenvalue weighted by Crippen LogP contribution is 2.25. The molecule has 1 aromatic heterocycles. The van der Waals surface area contributed by atoms with Crippen molar-refractivity contribution in [1.29, 1.82) is 0 Å². The van der Waals surface area contributed by atoms with Gasteiger partial charge in [-0.3, -0.25) is 0 Å². The van der Waals surface area contributed by atoms with E-state index in [0.29, 0.717) is 12.4 Å². The Labute approximate surface area is 82.3 Å². The molecule has 0 saturated carbocycles. The molecular formula is C9H15FN4. The van der Waals surface area contributed by atoms with Crippen LogP contribution >= 0.6 is 0 Å². The lowest BCUT2D eigenvalue weighted by Crippen LogP contribution is -2.34. The summed E-state index contributed by atoms with van der Waals surface area (Å²) in [4.78, 5) is 0. The third kappa shape index (κ3) is 1.52. The monoisotopic (exact) mass is 198 g/mol. The number of aromatic nitrogens is 3. The van der Waals surface area contributed by atoms with Crippen LogP contribution in [-0.4, -0.2) is 20.8 Å². The first-order valence-corrected chi connectivity index (χ1v) is 4.85. The zero-order valence-corrected chi connectivity index (χ0v) is 8.50. The van der Waals surface area contributed by atoms with Gasteiger partial charge in [-0.15, -0.1) is 10.2 Å². The van der Waals surface area contributed by atoms with E-state index in [1.54, 1.807) is 0 Å². The lowest BCUT2D eigenvalue weighted by atomic mass is 10.1. The van der Waals surface area contributed by atoms with Crippen LogP contribution in [0, 0.1) is 0 Å². The van der Waals surface area contributed by atoms with E-state index in [2.05, 4.69) is 10.2 Å². The Morgan fingerprint density at radius 3 is 2.86 bits per heavy atom. The highest BCUT2D eigenvalue weighted by atomic mass is 19.1. The van der Waals surface area contributed by atoms with Crippen molar-refractivity contribution in [3.8, 4) is 0 Å². The fraction of sp³-hybridized carbons (Fsp3) is 0.778. The van der Waals surface area contributed by atoms with Gasteiger partial charge < -0.3 is 10.3 Å². The molecule has 1 aliphatic heterocycles. The summed E-state index contributed by atoms with van der Waals surface area (Å²) >= 11 is 0. The second-order valence-electron chi connectivity index (χ2n) is 4.32. The Hall–Kier alpha value is -0.970. The molecule has 5 heteroatoms. The average Bonchev–Trinajstić information content (AvgIpc) is 2.45. The van der Waals surface area contributed by atoms with Crippen molar-refractivity contribution in [3.05, 3.63) is 11.6 Å². The molecule has 0 radical (unpaired) electrons. The molecular weight excluding hydrogens is 183 g/mol. The predicted octanol–water partition coefficient (Wildman–Crippen LogP) is 0.756. The molecule has 0 aliphatic carbocycles. The van der Waals surface area contributed by atoms with Gasteiger partial charge in [0.1, 0.15) is 5.82 Å². The Bertz CT molecular complexity index is 339. The van der Waals surface area contributed by atoms with Gasteiger partial charge in [-0.05, 0) is 20.3 Å². The van der Waals surface area contributed by atoms with Crippen molar-refractivity contribution in [2.75, 3.05) is 0 Å². The van der Waals surface area contributed by atoms with Gasteiger partial charge in [-0.2, -0.15) is 0 Å². The standard InChI is InChI=1S/C9H15FN4/c1-9(2,10)8-13-12-7-4-3-6(11)5-14(7)8/h6H,3-5,11H2,1-2H3. The normalized spacial score (nSPS) is 22.1. The summed E-state index contributed by atoms with van der Waals surface area (Å²) in [6.07, 6.45) is 1.70. The fourth-order valence-corrected chi connectivity index (χ4v) is 1.79. The summed E-state index contributed by atoms with van der Waals surface area (Å²) in [7, 11) is 0. The van der Waals surface area contributed by atoms with Crippen molar-refractivity contribution in [2.24, 2.45) is 5.73 Å². The summed E-state index contributed by atoms with van der Waals surface area (Å²) < 4.78 is 15.5. The fourth-order valence-electron chi connectivity index (χ4n) is 1.79. The minimum atomic E-state index is -1.44. The molecule has 2 rings (SSSR count). The van der Waals surface area contributed by atoms with Crippen molar-refractivity contribution < 1.29 is 4.39 Å². The first-order chi connectivity index (χ1) is 6.48. The first kappa shape index (κ1) is 9.58. The Morgan fingerprint density at radius 1 is 1.50 bits per heavy atom. The SMILES string of the molecule is CC(C)(F)c1nnc2n1CC(N)CC2. The molecule has 1 unspecified atom stereocenters. The van der Waals surface area contributed by atoms with Gasteiger partial charge in [0.2, 0.25) is 0 Å². The summed E-state index contributed by atoms with van der Waals surface area (Å²) in [6.45, 7) is 3.61. The molecule has 0 spiro atoms. The molecule has 78 valence electrons. The van der Waals surface area contributed by atoms with Crippen molar-refractivity contribution in [1.82, 2.24) is 14.8 Å². The highest BCUT2D eigenvalue weighted by Gasteiger charge is 2.30. The van der Waals surface area contributed by atoms with E-state index in [4.69, 9.17) is 5.73 Å². The Kier molecular flexibility index (Phi) is 2.06. The van der Waals surface area contributed by atoms with Crippen LogP contribution in [-0.2, 0) is 18.6 Å². The number of hydrogen-bond donors (Lipinski definition) is 1. The topological polar surface area (TPSA) is 56.7 Å². The van der Waals surface area contributed by atoms with Crippen LogP contribution in [0.3, 0.4) is 0 Å². The quantitative estimate of drug-likeness (QED) is 0.724. The molecule has 14 heavy (non-hydrogen) atoms. The molecule has 0 fully saturated rings. The van der Waals surface area contributed by atoms with Gasteiger partial charge in [-0.25, -0.2) is 4.39 Å². The predicted molar refractivity (Wildman–Crippen MR) is 50.5 cm³/mol. The molecule has 1 aromatic rings. The minimum absolute atomic E-state index is 0.0969. The van der Waals surface area contributed by atoms with Crippen molar-refractivity contribution in [3.63, 3.8) is 0 Å². The van der Waals surface area contributed by atoms with Crippen LogP contribution in [0.25, 0.3) is 0 Å². The molecule has 0 amide bonds. The van der Waals surface area contributed by atoms with Gasteiger partial charge in [0, 0.05) is 19.0 Å².